The highest BCUT2D eigenvalue weighted by Crippen LogP contribution is 2.22. The largest absolute Gasteiger partial charge is 0.384 e. The minimum absolute atomic E-state index is 0.0617. The lowest BCUT2D eigenvalue weighted by atomic mass is 10.1. The van der Waals surface area contributed by atoms with E-state index >= 15 is 0 Å². The quantitative estimate of drug-likeness (QED) is 0.786. The van der Waals surface area contributed by atoms with Gasteiger partial charge in [0.15, 0.2) is 0 Å². The fourth-order valence-corrected chi connectivity index (χ4v) is 2.56. The van der Waals surface area contributed by atoms with Crippen LogP contribution >= 0.6 is 0 Å². The highest BCUT2D eigenvalue weighted by atomic mass is 32.2. The molecule has 0 aliphatic carbocycles. The summed E-state index contributed by atoms with van der Waals surface area (Å²) in [6, 6.07) is 5.76. The minimum Gasteiger partial charge on any atom is -0.384 e. The molecule has 1 heterocycles. The summed E-state index contributed by atoms with van der Waals surface area (Å²) in [4.78, 5) is 11.9. The van der Waals surface area contributed by atoms with Gasteiger partial charge < -0.3 is 10.6 Å². The molecule has 1 aromatic carbocycles. The van der Waals surface area contributed by atoms with Gasteiger partial charge >= 0.3 is 0 Å². The number of hydrogen-bond acceptors (Lipinski definition) is 3. The van der Waals surface area contributed by atoms with Gasteiger partial charge in [0.2, 0.25) is 0 Å². The standard InChI is InChI=1S/C13H18N2O2S/c1-18(17)8-2-6-15-13(16)11-4-3-10-5-7-14-12(10)9-11/h3-4,9,14H,2,5-8H2,1H3,(H,15,16). The van der Waals surface area contributed by atoms with Gasteiger partial charge in [-0.2, -0.15) is 0 Å². The van der Waals surface area contributed by atoms with Crippen LogP contribution in [0.15, 0.2) is 18.2 Å². The molecule has 0 radical (unpaired) electrons. The number of hydrogen-bond donors (Lipinski definition) is 2. The summed E-state index contributed by atoms with van der Waals surface area (Å²) in [5.74, 6) is 0.569. The van der Waals surface area contributed by atoms with E-state index in [9.17, 15) is 9.00 Å². The Bertz CT molecular complexity index is 474. The SMILES string of the molecule is CS(=O)CCCNC(=O)c1ccc2c(c1)NCC2. The van der Waals surface area contributed by atoms with Crippen molar-refractivity contribution < 1.29 is 9.00 Å². The summed E-state index contributed by atoms with van der Waals surface area (Å²) in [5.41, 5.74) is 3.02. The van der Waals surface area contributed by atoms with Crippen LogP contribution in [0.4, 0.5) is 5.69 Å². The molecular formula is C13H18N2O2S. The van der Waals surface area contributed by atoms with Gasteiger partial charge in [-0.05, 0) is 30.5 Å². The monoisotopic (exact) mass is 266 g/mol. The number of benzene rings is 1. The summed E-state index contributed by atoms with van der Waals surface area (Å²) in [6.45, 7) is 1.52. The Kier molecular flexibility index (Phi) is 4.36. The lowest BCUT2D eigenvalue weighted by molar-refractivity contribution is 0.0954. The van der Waals surface area contributed by atoms with Crippen molar-refractivity contribution in [2.75, 3.05) is 30.4 Å². The number of amides is 1. The average Bonchev–Trinajstić information content (AvgIpc) is 2.81. The maximum absolute atomic E-state index is 11.9. The Labute approximate surface area is 110 Å². The van der Waals surface area contributed by atoms with Crippen LogP contribution in [0.3, 0.4) is 0 Å². The van der Waals surface area contributed by atoms with Crippen molar-refractivity contribution in [3.63, 3.8) is 0 Å². The molecule has 0 aromatic heterocycles. The molecule has 1 amide bonds. The van der Waals surface area contributed by atoms with Crippen molar-refractivity contribution >= 4 is 22.4 Å². The molecule has 4 nitrogen and oxygen atoms in total. The molecule has 1 aliphatic heterocycles. The van der Waals surface area contributed by atoms with Crippen LogP contribution in [0.2, 0.25) is 0 Å². The smallest absolute Gasteiger partial charge is 0.251 e. The third kappa shape index (κ3) is 3.32. The third-order valence-corrected chi connectivity index (χ3v) is 3.84. The number of carbonyl (C=O) groups is 1. The highest BCUT2D eigenvalue weighted by molar-refractivity contribution is 7.84. The van der Waals surface area contributed by atoms with Crippen molar-refractivity contribution in [1.82, 2.24) is 5.32 Å². The van der Waals surface area contributed by atoms with E-state index in [1.54, 1.807) is 6.26 Å². The molecule has 2 N–H and O–H groups in total. The lowest BCUT2D eigenvalue weighted by Crippen LogP contribution is -2.25. The van der Waals surface area contributed by atoms with Gasteiger partial charge in [0, 0.05) is 47.1 Å². The van der Waals surface area contributed by atoms with Crippen LogP contribution in [-0.4, -0.2) is 35.2 Å². The first-order valence-corrected chi connectivity index (χ1v) is 7.84. The Hall–Kier alpha value is -1.36. The Morgan fingerprint density at radius 2 is 2.33 bits per heavy atom. The number of fused-ring (bicyclic) bond motifs is 1. The second-order valence-corrected chi connectivity index (χ2v) is 5.99. The molecule has 2 rings (SSSR count). The minimum atomic E-state index is -0.786. The Morgan fingerprint density at radius 3 is 3.11 bits per heavy atom. The van der Waals surface area contributed by atoms with Gasteiger partial charge in [0.1, 0.15) is 0 Å². The number of anilines is 1. The summed E-state index contributed by atoms with van der Waals surface area (Å²) >= 11 is 0. The Balaban J connectivity index is 1.87. The van der Waals surface area contributed by atoms with Crippen LogP contribution in [0.5, 0.6) is 0 Å². The van der Waals surface area contributed by atoms with E-state index in [0.29, 0.717) is 17.9 Å². The number of nitrogens with one attached hydrogen (secondary N) is 2. The average molecular weight is 266 g/mol. The van der Waals surface area contributed by atoms with E-state index in [2.05, 4.69) is 10.6 Å². The molecule has 5 heteroatoms. The van der Waals surface area contributed by atoms with Crippen molar-refractivity contribution in [2.45, 2.75) is 12.8 Å². The zero-order valence-electron chi connectivity index (χ0n) is 10.5. The van der Waals surface area contributed by atoms with Crippen LogP contribution in [0.1, 0.15) is 22.3 Å². The van der Waals surface area contributed by atoms with Gasteiger partial charge in [-0.25, -0.2) is 0 Å². The molecule has 1 atom stereocenters. The normalized spacial score (nSPS) is 14.7. The van der Waals surface area contributed by atoms with Gasteiger partial charge in [0.05, 0.1) is 0 Å². The van der Waals surface area contributed by atoms with Gasteiger partial charge in [-0.15, -0.1) is 0 Å². The topological polar surface area (TPSA) is 58.2 Å². The van der Waals surface area contributed by atoms with E-state index in [-0.39, 0.29) is 5.91 Å². The fraction of sp³-hybridized carbons (Fsp3) is 0.462. The molecule has 0 spiro atoms. The molecule has 98 valence electrons. The molecule has 0 fully saturated rings. The molecule has 0 saturated carbocycles. The second kappa shape index (κ2) is 6.00. The Morgan fingerprint density at radius 1 is 1.50 bits per heavy atom. The number of rotatable bonds is 5. The molecule has 0 bridgehead atoms. The summed E-state index contributed by atoms with van der Waals surface area (Å²) < 4.78 is 10.9. The maximum atomic E-state index is 11.9. The van der Waals surface area contributed by atoms with Crippen molar-refractivity contribution in [2.24, 2.45) is 0 Å². The van der Waals surface area contributed by atoms with Crippen LogP contribution in [0, 0.1) is 0 Å². The van der Waals surface area contributed by atoms with Crippen LogP contribution in [-0.2, 0) is 17.2 Å². The van der Waals surface area contributed by atoms with Crippen LogP contribution < -0.4 is 10.6 Å². The summed E-state index contributed by atoms with van der Waals surface area (Å²) in [5, 5.41) is 6.10. The predicted octanol–water partition coefficient (Wildman–Crippen LogP) is 1.15. The predicted molar refractivity (Wildman–Crippen MR) is 74.5 cm³/mol. The van der Waals surface area contributed by atoms with Crippen LogP contribution in [0.25, 0.3) is 0 Å². The van der Waals surface area contributed by atoms with E-state index in [0.717, 1.165) is 25.1 Å². The first-order chi connectivity index (χ1) is 8.66. The first-order valence-electron chi connectivity index (χ1n) is 6.12. The van der Waals surface area contributed by atoms with Gasteiger partial charge in [-0.3, -0.25) is 9.00 Å². The molecule has 0 saturated heterocycles. The first kappa shape index (κ1) is 13.1. The second-order valence-electron chi connectivity index (χ2n) is 4.44. The lowest BCUT2D eigenvalue weighted by Gasteiger charge is -2.06. The van der Waals surface area contributed by atoms with Crippen molar-refractivity contribution in [3.8, 4) is 0 Å². The van der Waals surface area contributed by atoms with Gasteiger partial charge in [-0.1, -0.05) is 6.07 Å². The van der Waals surface area contributed by atoms with Gasteiger partial charge in [0.25, 0.3) is 5.91 Å². The van der Waals surface area contributed by atoms with E-state index < -0.39 is 10.8 Å². The molecule has 1 aromatic rings. The third-order valence-electron chi connectivity index (χ3n) is 2.98. The molecular weight excluding hydrogens is 248 g/mol. The summed E-state index contributed by atoms with van der Waals surface area (Å²) in [7, 11) is -0.786. The fourth-order valence-electron chi connectivity index (χ4n) is 2.01. The summed E-state index contributed by atoms with van der Waals surface area (Å²) in [6.07, 6.45) is 3.45. The highest BCUT2D eigenvalue weighted by Gasteiger charge is 2.12. The van der Waals surface area contributed by atoms with E-state index in [1.165, 1.54) is 5.56 Å². The molecule has 1 unspecified atom stereocenters. The van der Waals surface area contributed by atoms with Crippen molar-refractivity contribution in [3.05, 3.63) is 29.3 Å². The zero-order valence-corrected chi connectivity index (χ0v) is 11.3. The maximum Gasteiger partial charge on any atom is 0.251 e. The van der Waals surface area contributed by atoms with Crippen molar-refractivity contribution in [1.29, 1.82) is 0 Å². The van der Waals surface area contributed by atoms with E-state index in [1.807, 2.05) is 18.2 Å². The van der Waals surface area contributed by atoms with E-state index in [4.69, 9.17) is 0 Å². The molecule has 1 aliphatic rings. The molecule has 18 heavy (non-hydrogen) atoms. The zero-order chi connectivity index (χ0) is 13.0. The number of carbonyl (C=O) groups excluding carboxylic acids is 1.